The molecule has 5 heteroatoms. The summed E-state index contributed by atoms with van der Waals surface area (Å²) in [6.07, 6.45) is 0. The Kier molecular flexibility index (Phi) is 2.98. The molecular weight excluding hydrogens is 148 g/mol. The monoisotopic (exact) mass is 156 g/mol. The van der Waals surface area contributed by atoms with Crippen molar-refractivity contribution < 1.29 is 14.4 Å². The van der Waals surface area contributed by atoms with Crippen LogP contribution >= 0.6 is 0 Å². The van der Waals surface area contributed by atoms with Crippen LogP contribution in [0.1, 0.15) is 6.92 Å². The van der Waals surface area contributed by atoms with Crippen LogP contribution in [-0.2, 0) is 14.4 Å². The van der Waals surface area contributed by atoms with E-state index in [1.54, 1.807) is 0 Å². The number of amides is 3. The predicted octanol–water partition coefficient (Wildman–Crippen LogP) is -1.31. The zero-order valence-corrected chi connectivity index (χ0v) is 6.01. The van der Waals surface area contributed by atoms with Gasteiger partial charge in [-0.15, -0.1) is 0 Å². The van der Waals surface area contributed by atoms with Crippen molar-refractivity contribution in [3.8, 4) is 0 Å². The molecule has 0 saturated heterocycles. The van der Waals surface area contributed by atoms with Crippen molar-refractivity contribution in [2.75, 3.05) is 0 Å². The average Bonchev–Trinajstić information content (AvgIpc) is 1.84. The number of primary amides is 1. The molecule has 0 aromatic rings. The van der Waals surface area contributed by atoms with Crippen molar-refractivity contribution in [1.29, 1.82) is 0 Å². The first-order valence-electron chi connectivity index (χ1n) is 2.75. The maximum atomic E-state index is 10.7. The molecule has 0 aromatic carbocycles. The van der Waals surface area contributed by atoms with E-state index in [9.17, 15) is 14.4 Å². The molecule has 0 aliphatic rings. The summed E-state index contributed by atoms with van der Waals surface area (Å²) < 4.78 is 0. The molecule has 0 aliphatic carbocycles. The lowest BCUT2D eigenvalue weighted by molar-refractivity contribution is -0.128. The minimum Gasteiger partial charge on any atom is -0.365 e. The Morgan fingerprint density at radius 1 is 1.36 bits per heavy atom. The van der Waals surface area contributed by atoms with Crippen molar-refractivity contribution in [1.82, 2.24) is 5.32 Å². The van der Waals surface area contributed by atoms with Gasteiger partial charge >= 0.3 is 0 Å². The van der Waals surface area contributed by atoms with Gasteiger partial charge in [-0.25, -0.2) is 0 Å². The third kappa shape index (κ3) is 3.14. The molecule has 11 heavy (non-hydrogen) atoms. The molecule has 0 atom stereocenters. The molecule has 0 aromatic heterocycles. The number of carbonyl (C=O) groups excluding carboxylic acids is 3. The van der Waals surface area contributed by atoms with E-state index < -0.39 is 23.3 Å². The second-order valence-corrected chi connectivity index (χ2v) is 1.85. The minimum atomic E-state index is -0.941. The number of imide groups is 1. The third-order valence-electron chi connectivity index (χ3n) is 0.861. The molecule has 60 valence electrons. The van der Waals surface area contributed by atoms with Gasteiger partial charge in [0.25, 0.3) is 11.8 Å². The zero-order chi connectivity index (χ0) is 9.02. The fourth-order valence-corrected chi connectivity index (χ4v) is 0.347. The fourth-order valence-electron chi connectivity index (χ4n) is 0.347. The van der Waals surface area contributed by atoms with Gasteiger partial charge in [0.05, 0.1) is 5.57 Å². The minimum absolute atomic E-state index is 0.430. The van der Waals surface area contributed by atoms with Crippen molar-refractivity contribution in [3.05, 3.63) is 12.2 Å². The van der Waals surface area contributed by atoms with Crippen LogP contribution < -0.4 is 11.1 Å². The van der Waals surface area contributed by atoms with E-state index >= 15 is 0 Å². The van der Waals surface area contributed by atoms with Gasteiger partial charge in [0.1, 0.15) is 0 Å². The van der Waals surface area contributed by atoms with Crippen LogP contribution in [0.25, 0.3) is 0 Å². The lowest BCUT2D eigenvalue weighted by Gasteiger charge is -1.98. The van der Waals surface area contributed by atoms with Crippen LogP contribution in [0.3, 0.4) is 0 Å². The second kappa shape index (κ2) is 3.50. The van der Waals surface area contributed by atoms with E-state index in [2.05, 4.69) is 6.58 Å². The highest BCUT2D eigenvalue weighted by Gasteiger charge is 2.12. The van der Waals surface area contributed by atoms with Crippen LogP contribution in [0.5, 0.6) is 0 Å². The summed E-state index contributed by atoms with van der Waals surface area (Å²) in [5.74, 6) is -2.36. The summed E-state index contributed by atoms with van der Waals surface area (Å²) in [4.78, 5) is 31.2. The Morgan fingerprint density at radius 2 is 1.82 bits per heavy atom. The molecule has 3 N–H and O–H groups in total. The molecule has 0 bridgehead atoms. The highest BCUT2D eigenvalue weighted by molar-refractivity contribution is 6.20. The standard InChI is InChI=1S/C6H8N2O3/c1-3(5(7)10)6(11)8-4(2)9/h1H2,2H3,(H2,7,10)(H,8,9,11). The fraction of sp³-hybridized carbons (Fsp3) is 0.167. The van der Waals surface area contributed by atoms with Crippen molar-refractivity contribution >= 4 is 17.7 Å². The smallest absolute Gasteiger partial charge is 0.262 e. The normalized spacial score (nSPS) is 8.45. The van der Waals surface area contributed by atoms with Gasteiger partial charge in [-0.2, -0.15) is 0 Å². The van der Waals surface area contributed by atoms with Gasteiger partial charge in [-0.3, -0.25) is 19.7 Å². The first-order valence-corrected chi connectivity index (χ1v) is 2.75. The van der Waals surface area contributed by atoms with E-state index in [0.717, 1.165) is 6.92 Å². The maximum absolute atomic E-state index is 10.7. The van der Waals surface area contributed by atoms with E-state index in [-0.39, 0.29) is 0 Å². The Morgan fingerprint density at radius 3 is 2.09 bits per heavy atom. The lowest BCUT2D eigenvalue weighted by atomic mass is 10.3. The van der Waals surface area contributed by atoms with Crippen LogP contribution in [-0.4, -0.2) is 17.7 Å². The predicted molar refractivity (Wildman–Crippen MR) is 37.2 cm³/mol. The zero-order valence-electron chi connectivity index (χ0n) is 6.01. The van der Waals surface area contributed by atoms with Crippen LogP contribution in [0, 0.1) is 0 Å². The molecule has 0 fully saturated rings. The Bertz CT molecular complexity index is 232. The van der Waals surface area contributed by atoms with E-state index in [0.29, 0.717) is 0 Å². The lowest BCUT2D eigenvalue weighted by Crippen LogP contribution is -2.33. The maximum Gasteiger partial charge on any atom is 0.262 e. The number of hydrogen-bond acceptors (Lipinski definition) is 3. The molecule has 0 heterocycles. The highest BCUT2D eigenvalue weighted by Crippen LogP contribution is 1.86. The molecule has 0 spiro atoms. The Hall–Kier alpha value is -1.65. The summed E-state index contributed by atoms with van der Waals surface area (Å²) in [6, 6.07) is 0. The summed E-state index contributed by atoms with van der Waals surface area (Å²) in [6.45, 7) is 4.21. The topological polar surface area (TPSA) is 89.3 Å². The molecule has 0 unspecified atom stereocenters. The number of nitrogens with one attached hydrogen (secondary N) is 1. The largest absolute Gasteiger partial charge is 0.365 e. The van der Waals surface area contributed by atoms with E-state index in [1.165, 1.54) is 0 Å². The quantitative estimate of drug-likeness (QED) is 0.295. The van der Waals surface area contributed by atoms with Crippen LogP contribution in [0.2, 0.25) is 0 Å². The van der Waals surface area contributed by atoms with Gasteiger partial charge in [0.2, 0.25) is 5.91 Å². The van der Waals surface area contributed by atoms with Crippen molar-refractivity contribution in [2.45, 2.75) is 6.92 Å². The number of carbonyl (C=O) groups is 3. The molecule has 5 nitrogen and oxygen atoms in total. The molecule has 0 radical (unpaired) electrons. The number of hydrogen-bond donors (Lipinski definition) is 2. The van der Waals surface area contributed by atoms with Gasteiger partial charge in [0.15, 0.2) is 0 Å². The number of nitrogens with two attached hydrogens (primary N) is 1. The average molecular weight is 156 g/mol. The van der Waals surface area contributed by atoms with Gasteiger partial charge in [-0.05, 0) is 0 Å². The van der Waals surface area contributed by atoms with Crippen molar-refractivity contribution in [3.63, 3.8) is 0 Å². The van der Waals surface area contributed by atoms with E-state index in [4.69, 9.17) is 5.73 Å². The van der Waals surface area contributed by atoms with Gasteiger partial charge in [0, 0.05) is 6.92 Å². The summed E-state index contributed by atoms with van der Waals surface area (Å²) >= 11 is 0. The van der Waals surface area contributed by atoms with Crippen LogP contribution in [0.4, 0.5) is 0 Å². The van der Waals surface area contributed by atoms with Gasteiger partial charge < -0.3 is 5.73 Å². The van der Waals surface area contributed by atoms with Gasteiger partial charge in [-0.1, -0.05) is 6.58 Å². The molecular formula is C6H8N2O3. The highest BCUT2D eigenvalue weighted by atomic mass is 16.2. The molecule has 3 amide bonds. The third-order valence-corrected chi connectivity index (χ3v) is 0.861. The second-order valence-electron chi connectivity index (χ2n) is 1.85. The van der Waals surface area contributed by atoms with Crippen molar-refractivity contribution in [2.24, 2.45) is 5.73 Å². The molecule has 0 rings (SSSR count). The summed E-state index contributed by atoms with van der Waals surface area (Å²) in [5.41, 5.74) is 4.27. The summed E-state index contributed by atoms with van der Waals surface area (Å²) in [7, 11) is 0. The SMILES string of the molecule is C=C(C(N)=O)C(=O)NC(C)=O. The Balaban J connectivity index is 4.16. The van der Waals surface area contributed by atoms with E-state index in [1.807, 2.05) is 5.32 Å². The van der Waals surface area contributed by atoms with Crippen LogP contribution in [0.15, 0.2) is 12.2 Å². The Labute approximate surface area is 63.2 Å². The molecule has 0 aliphatic heterocycles. The number of rotatable bonds is 2. The summed E-state index contributed by atoms with van der Waals surface area (Å²) in [5, 5.41) is 1.85. The first-order chi connectivity index (χ1) is 4.95. The molecule has 0 saturated carbocycles. The first kappa shape index (κ1) is 9.35.